The first-order chi connectivity index (χ1) is 15.9. The first-order valence-electron chi connectivity index (χ1n) is 10.5. The quantitative estimate of drug-likeness (QED) is 0.326. The van der Waals surface area contributed by atoms with Crippen molar-refractivity contribution in [2.75, 3.05) is 7.05 Å². The van der Waals surface area contributed by atoms with Crippen LogP contribution in [0, 0.1) is 5.82 Å². The van der Waals surface area contributed by atoms with Crippen LogP contribution < -0.4 is 10.1 Å². The number of hydrogen-bond acceptors (Lipinski definition) is 3. The molecule has 0 aliphatic heterocycles. The van der Waals surface area contributed by atoms with Crippen molar-refractivity contribution in [1.82, 2.24) is 5.32 Å². The second kappa shape index (κ2) is 11.6. The van der Waals surface area contributed by atoms with Gasteiger partial charge in [0.1, 0.15) is 17.7 Å². The van der Waals surface area contributed by atoms with E-state index in [1.54, 1.807) is 32.3 Å². The average Bonchev–Trinajstić information content (AvgIpc) is 2.81. The SMILES string of the molecule is C/N=C\c1cc(O[C@H](c2ccccc2)[C@H](C)NC(=O)C(F)Cl)ccc1Cc1ccc(F)cc1. The van der Waals surface area contributed by atoms with Gasteiger partial charge in [0.2, 0.25) is 0 Å². The number of amides is 1. The summed E-state index contributed by atoms with van der Waals surface area (Å²) in [4.78, 5) is 15.9. The van der Waals surface area contributed by atoms with Gasteiger partial charge in [0, 0.05) is 13.3 Å². The maximum atomic E-state index is 13.2. The Kier molecular flexibility index (Phi) is 8.55. The van der Waals surface area contributed by atoms with E-state index in [-0.39, 0.29) is 5.82 Å². The van der Waals surface area contributed by atoms with Crippen LogP contribution in [0.4, 0.5) is 8.78 Å². The molecule has 4 nitrogen and oxygen atoms in total. The number of nitrogens with zero attached hydrogens (tertiary/aromatic N) is 1. The van der Waals surface area contributed by atoms with Gasteiger partial charge in [-0.05, 0) is 59.9 Å². The number of benzene rings is 3. The molecule has 1 amide bonds. The third kappa shape index (κ3) is 6.86. The van der Waals surface area contributed by atoms with Gasteiger partial charge in [0.15, 0.2) is 0 Å². The summed E-state index contributed by atoms with van der Waals surface area (Å²) in [6.45, 7) is 1.73. The van der Waals surface area contributed by atoms with E-state index in [0.29, 0.717) is 12.2 Å². The fourth-order valence-electron chi connectivity index (χ4n) is 3.50. The van der Waals surface area contributed by atoms with E-state index in [1.807, 2.05) is 48.5 Å². The van der Waals surface area contributed by atoms with Gasteiger partial charge in [-0.15, -0.1) is 0 Å². The van der Waals surface area contributed by atoms with E-state index < -0.39 is 23.7 Å². The third-order valence-electron chi connectivity index (χ3n) is 5.11. The zero-order chi connectivity index (χ0) is 23.8. The molecule has 3 rings (SSSR count). The van der Waals surface area contributed by atoms with Crippen molar-refractivity contribution in [3.63, 3.8) is 0 Å². The van der Waals surface area contributed by atoms with Crippen molar-refractivity contribution in [3.05, 3.63) is 101 Å². The first kappa shape index (κ1) is 24.4. The largest absolute Gasteiger partial charge is 0.484 e. The molecule has 0 fully saturated rings. The number of ether oxygens (including phenoxy) is 1. The first-order valence-corrected chi connectivity index (χ1v) is 10.9. The minimum atomic E-state index is -2.14. The molecule has 1 N–H and O–H groups in total. The highest BCUT2D eigenvalue weighted by Crippen LogP contribution is 2.27. The molecule has 0 aromatic heterocycles. The summed E-state index contributed by atoms with van der Waals surface area (Å²) in [7, 11) is 1.68. The molecule has 1 unspecified atom stereocenters. The van der Waals surface area contributed by atoms with Crippen LogP contribution in [0.3, 0.4) is 0 Å². The molecular weight excluding hydrogens is 446 g/mol. The zero-order valence-electron chi connectivity index (χ0n) is 18.3. The summed E-state index contributed by atoms with van der Waals surface area (Å²) in [5.41, 5.74) is 1.50. The van der Waals surface area contributed by atoms with E-state index in [9.17, 15) is 13.6 Å². The topological polar surface area (TPSA) is 50.7 Å². The Bertz CT molecular complexity index is 1090. The van der Waals surface area contributed by atoms with Gasteiger partial charge in [-0.25, -0.2) is 8.78 Å². The Morgan fingerprint density at radius 1 is 1.12 bits per heavy atom. The van der Waals surface area contributed by atoms with Crippen molar-refractivity contribution >= 4 is 23.7 Å². The fraction of sp³-hybridized carbons (Fsp3) is 0.231. The van der Waals surface area contributed by atoms with Gasteiger partial charge in [-0.2, -0.15) is 0 Å². The highest BCUT2D eigenvalue weighted by molar-refractivity contribution is 6.29. The number of carbonyl (C=O) groups is 1. The van der Waals surface area contributed by atoms with Crippen molar-refractivity contribution < 1.29 is 18.3 Å². The molecule has 0 saturated carbocycles. The molecule has 33 heavy (non-hydrogen) atoms. The number of carbonyl (C=O) groups excluding carboxylic acids is 1. The van der Waals surface area contributed by atoms with Crippen LogP contribution in [0.2, 0.25) is 0 Å². The molecule has 0 spiro atoms. The Balaban J connectivity index is 1.87. The van der Waals surface area contributed by atoms with Gasteiger partial charge in [0.25, 0.3) is 11.5 Å². The van der Waals surface area contributed by atoms with Gasteiger partial charge in [0.05, 0.1) is 6.04 Å². The van der Waals surface area contributed by atoms with E-state index in [2.05, 4.69) is 10.3 Å². The Morgan fingerprint density at radius 3 is 2.45 bits per heavy atom. The summed E-state index contributed by atoms with van der Waals surface area (Å²) in [6, 6.07) is 20.8. The molecule has 3 aromatic carbocycles. The van der Waals surface area contributed by atoms with E-state index in [1.165, 1.54) is 12.1 Å². The number of halogens is 3. The van der Waals surface area contributed by atoms with Gasteiger partial charge in [-0.3, -0.25) is 9.79 Å². The number of nitrogens with one attached hydrogen (secondary N) is 1. The highest BCUT2D eigenvalue weighted by Gasteiger charge is 2.25. The standard InChI is InChI=1S/C26H25ClF2N2O2/c1-17(31-26(32)25(27)29)24(19-6-4-3-5-7-19)33-23-13-10-20(21(15-23)16-30-2)14-18-8-11-22(28)12-9-18/h3-13,15-17,24-25H,14H2,1-2H3,(H,31,32)/b30-16-/t17-,24-,25?/m0/s1. The van der Waals surface area contributed by atoms with Crippen molar-refractivity contribution in [2.45, 2.75) is 31.1 Å². The summed E-state index contributed by atoms with van der Waals surface area (Å²) in [6.07, 6.45) is 1.75. The minimum Gasteiger partial charge on any atom is -0.484 e. The predicted molar refractivity (Wildman–Crippen MR) is 127 cm³/mol. The van der Waals surface area contributed by atoms with Gasteiger partial charge >= 0.3 is 0 Å². The third-order valence-corrected chi connectivity index (χ3v) is 5.30. The molecule has 0 saturated heterocycles. The van der Waals surface area contributed by atoms with Crippen LogP contribution in [-0.2, 0) is 11.2 Å². The summed E-state index contributed by atoms with van der Waals surface area (Å²) < 4.78 is 32.7. The minimum absolute atomic E-state index is 0.278. The van der Waals surface area contributed by atoms with Crippen LogP contribution in [-0.4, -0.2) is 30.8 Å². The fourth-order valence-corrected chi connectivity index (χ4v) is 3.56. The molecule has 3 aromatic rings. The van der Waals surface area contributed by atoms with Gasteiger partial charge < -0.3 is 10.1 Å². The average molecular weight is 471 g/mol. The number of rotatable bonds is 9. The predicted octanol–water partition coefficient (Wildman–Crippen LogP) is 5.62. The van der Waals surface area contributed by atoms with E-state index in [0.717, 1.165) is 22.3 Å². The summed E-state index contributed by atoms with van der Waals surface area (Å²) >= 11 is 5.28. The Labute approximate surface area is 197 Å². The molecule has 0 radical (unpaired) electrons. The smallest absolute Gasteiger partial charge is 0.270 e. The molecule has 0 heterocycles. The van der Waals surface area contributed by atoms with Crippen LogP contribution in [0.25, 0.3) is 0 Å². The van der Waals surface area contributed by atoms with Crippen molar-refractivity contribution in [1.29, 1.82) is 0 Å². The molecule has 0 aliphatic rings. The Hall–Kier alpha value is -3.25. The zero-order valence-corrected chi connectivity index (χ0v) is 19.1. The number of alkyl halides is 2. The lowest BCUT2D eigenvalue weighted by Gasteiger charge is -2.27. The second-order valence-corrected chi connectivity index (χ2v) is 7.98. The van der Waals surface area contributed by atoms with E-state index >= 15 is 0 Å². The van der Waals surface area contributed by atoms with Gasteiger partial charge in [-0.1, -0.05) is 60.1 Å². The molecule has 3 atom stereocenters. The lowest BCUT2D eigenvalue weighted by atomic mass is 9.99. The Morgan fingerprint density at radius 2 is 1.82 bits per heavy atom. The lowest BCUT2D eigenvalue weighted by molar-refractivity contribution is -0.124. The molecule has 172 valence electrons. The van der Waals surface area contributed by atoms with Crippen LogP contribution in [0.15, 0.2) is 77.8 Å². The lowest BCUT2D eigenvalue weighted by Crippen LogP contribution is -2.41. The molecule has 0 aliphatic carbocycles. The number of aliphatic imine (C=N–C) groups is 1. The maximum absolute atomic E-state index is 13.2. The number of hydrogen-bond donors (Lipinski definition) is 1. The maximum Gasteiger partial charge on any atom is 0.270 e. The molecule has 0 bridgehead atoms. The van der Waals surface area contributed by atoms with Crippen LogP contribution >= 0.6 is 11.6 Å². The second-order valence-electron chi connectivity index (χ2n) is 7.60. The van der Waals surface area contributed by atoms with Crippen LogP contribution in [0.5, 0.6) is 5.75 Å². The van der Waals surface area contributed by atoms with E-state index in [4.69, 9.17) is 16.3 Å². The molecule has 7 heteroatoms. The normalized spacial score (nSPS) is 14.0. The monoisotopic (exact) mass is 470 g/mol. The highest BCUT2D eigenvalue weighted by atomic mass is 35.5. The van der Waals surface area contributed by atoms with Crippen molar-refractivity contribution in [3.8, 4) is 5.75 Å². The van der Waals surface area contributed by atoms with Crippen molar-refractivity contribution in [2.24, 2.45) is 4.99 Å². The summed E-state index contributed by atoms with van der Waals surface area (Å²) in [5.74, 6) is -0.633. The summed E-state index contributed by atoms with van der Waals surface area (Å²) in [5, 5.41) is 2.56. The van der Waals surface area contributed by atoms with Crippen LogP contribution in [0.1, 0.15) is 35.3 Å². The molecular formula is C26H25ClF2N2O2.